The van der Waals surface area contributed by atoms with Gasteiger partial charge in [-0.1, -0.05) is 0 Å². The summed E-state index contributed by atoms with van der Waals surface area (Å²) in [6, 6.07) is 12.4. The molecular weight excluding hydrogens is 359 g/mol. The Morgan fingerprint density at radius 2 is 1.62 bits per heavy atom. The fraction of sp³-hybridized carbons (Fsp3) is 0.105. The Bertz CT molecular complexity index is 1100. The van der Waals surface area contributed by atoms with Gasteiger partial charge in [-0.25, -0.2) is 12.8 Å². The van der Waals surface area contributed by atoms with Crippen molar-refractivity contribution in [2.75, 3.05) is 6.26 Å². The fourth-order valence-electron chi connectivity index (χ4n) is 2.36. The molecule has 0 spiro atoms. The van der Waals surface area contributed by atoms with E-state index in [9.17, 15) is 17.6 Å². The molecule has 0 saturated heterocycles. The summed E-state index contributed by atoms with van der Waals surface area (Å²) in [7, 11) is -3.34. The lowest BCUT2D eigenvalue weighted by Gasteiger charge is -2.11. The topological polar surface area (TPSA) is 73.6 Å². The van der Waals surface area contributed by atoms with Crippen LogP contribution in [-0.2, 0) is 9.84 Å². The molecule has 0 N–H and O–H groups in total. The monoisotopic (exact) mass is 374 g/mol. The zero-order valence-corrected chi connectivity index (χ0v) is 14.8. The maximum Gasteiger partial charge on any atom is 0.228 e. The van der Waals surface area contributed by atoms with E-state index in [0.717, 1.165) is 6.26 Å². The molecule has 0 radical (unpaired) electrons. The van der Waals surface area contributed by atoms with Gasteiger partial charge in [0.15, 0.2) is 15.6 Å². The van der Waals surface area contributed by atoms with Crippen LogP contribution in [0.2, 0.25) is 0 Å². The predicted octanol–water partition coefficient (Wildman–Crippen LogP) is 3.95. The maximum absolute atomic E-state index is 13.1. The highest BCUT2D eigenvalue weighted by Crippen LogP contribution is 2.32. The zero-order valence-electron chi connectivity index (χ0n) is 14.0. The van der Waals surface area contributed by atoms with Crippen LogP contribution in [0, 0.1) is 12.7 Å². The first-order chi connectivity index (χ1) is 12.2. The maximum atomic E-state index is 13.1. The third-order valence-electron chi connectivity index (χ3n) is 3.61. The number of benzene rings is 2. The van der Waals surface area contributed by atoms with Crippen molar-refractivity contribution in [1.29, 1.82) is 0 Å². The molecule has 26 heavy (non-hydrogen) atoms. The van der Waals surface area contributed by atoms with E-state index >= 15 is 0 Å². The Morgan fingerprint density at radius 1 is 1.00 bits per heavy atom. The zero-order chi connectivity index (χ0) is 18.9. The molecular formula is C19H15FO5S. The van der Waals surface area contributed by atoms with Crippen LogP contribution in [0.4, 0.5) is 4.39 Å². The number of hydrogen-bond acceptors (Lipinski definition) is 5. The largest absolute Gasteiger partial charge is 0.457 e. The smallest absolute Gasteiger partial charge is 0.228 e. The second-order valence-electron chi connectivity index (χ2n) is 5.73. The highest BCUT2D eigenvalue weighted by atomic mass is 32.2. The molecule has 2 aromatic carbocycles. The Morgan fingerprint density at radius 3 is 2.19 bits per heavy atom. The first-order valence-electron chi connectivity index (χ1n) is 7.63. The van der Waals surface area contributed by atoms with Crippen molar-refractivity contribution in [3.63, 3.8) is 0 Å². The van der Waals surface area contributed by atoms with E-state index < -0.39 is 21.1 Å². The summed E-state index contributed by atoms with van der Waals surface area (Å²) in [6.45, 7) is 1.62. The van der Waals surface area contributed by atoms with E-state index in [1.165, 1.54) is 54.6 Å². The molecule has 0 fully saturated rings. The molecule has 0 amide bonds. The quantitative estimate of drug-likeness (QED) is 0.691. The minimum absolute atomic E-state index is 0.0608. The first-order valence-corrected chi connectivity index (χ1v) is 9.52. The highest BCUT2D eigenvalue weighted by molar-refractivity contribution is 7.90. The number of rotatable bonds is 4. The fourth-order valence-corrected chi connectivity index (χ4v) is 2.99. The second kappa shape index (κ2) is 6.76. The van der Waals surface area contributed by atoms with Gasteiger partial charge in [0.05, 0.1) is 4.90 Å². The van der Waals surface area contributed by atoms with Gasteiger partial charge in [0, 0.05) is 17.9 Å². The molecule has 1 aromatic heterocycles. The Kier molecular flexibility index (Phi) is 4.65. The molecule has 1 heterocycles. The summed E-state index contributed by atoms with van der Waals surface area (Å²) in [5.41, 5.74) is 0.0792. The van der Waals surface area contributed by atoms with Crippen molar-refractivity contribution in [2.24, 2.45) is 0 Å². The number of ether oxygens (including phenoxy) is 1. The van der Waals surface area contributed by atoms with Gasteiger partial charge in [0.1, 0.15) is 17.3 Å². The van der Waals surface area contributed by atoms with Gasteiger partial charge in [0.2, 0.25) is 11.2 Å². The van der Waals surface area contributed by atoms with Gasteiger partial charge in [-0.15, -0.1) is 0 Å². The van der Waals surface area contributed by atoms with Crippen LogP contribution in [0.5, 0.6) is 11.5 Å². The first kappa shape index (κ1) is 17.9. The third kappa shape index (κ3) is 3.83. The molecule has 3 aromatic rings. The van der Waals surface area contributed by atoms with E-state index in [-0.39, 0.29) is 22.2 Å². The van der Waals surface area contributed by atoms with Gasteiger partial charge >= 0.3 is 0 Å². The summed E-state index contributed by atoms with van der Waals surface area (Å²) >= 11 is 0. The minimum atomic E-state index is -3.34. The molecule has 5 nitrogen and oxygen atoms in total. The van der Waals surface area contributed by atoms with Gasteiger partial charge in [-0.05, 0) is 55.5 Å². The average molecular weight is 374 g/mol. The number of aryl methyl sites for hydroxylation is 1. The molecule has 0 bridgehead atoms. The van der Waals surface area contributed by atoms with Crippen molar-refractivity contribution < 1.29 is 22.0 Å². The molecule has 134 valence electrons. The molecule has 0 atom stereocenters. The van der Waals surface area contributed by atoms with Crippen molar-refractivity contribution >= 4 is 9.84 Å². The standard InChI is InChI=1S/C19H15FO5S/c1-12-11-17(21)19(25-15-7-5-14(20)6-8-15)18(24-12)13-3-9-16(10-4-13)26(2,22)23/h3-11H,1-2H3. The molecule has 0 aliphatic rings. The normalized spacial score (nSPS) is 11.3. The Balaban J connectivity index is 2.09. The van der Waals surface area contributed by atoms with Gasteiger partial charge in [0.25, 0.3) is 0 Å². The second-order valence-corrected chi connectivity index (χ2v) is 7.75. The van der Waals surface area contributed by atoms with Crippen LogP contribution in [0.1, 0.15) is 5.76 Å². The van der Waals surface area contributed by atoms with Crippen LogP contribution in [0.15, 0.2) is 68.7 Å². The third-order valence-corrected chi connectivity index (χ3v) is 4.73. The highest BCUT2D eigenvalue weighted by Gasteiger charge is 2.17. The lowest BCUT2D eigenvalue weighted by Crippen LogP contribution is -2.06. The van der Waals surface area contributed by atoms with Crippen molar-refractivity contribution in [3.05, 3.63) is 76.4 Å². The number of sulfone groups is 1. The molecule has 0 unspecified atom stereocenters. The molecule has 0 aliphatic carbocycles. The lowest BCUT2D eigenvalue weighted by molar-refractivity contribution is 0.437. The van der Waals surface area contributed by atoms with E-state index in [0.29, 0.717) is 11.3 Å². The van der Waals surface area contributed by atoms with Gasteiger partial charge in [-0.3, -0.25) is 4.79 Å². The Labute approximate surface area is 149 Å². The van der Waals surface area contributed by atoms with Crippen molar-refractivity contribution in [3.8, 4) is 22.8 Å². The van der Waals surface area contributed by atoms with E-state index in [2.05, 4.69) is 0 Å². The van der Waals surface area contributed by atoms with Gasteiger partial charge < -0.3 is 9.15 Å². The van der Waals surface area contributed by atoms with E-state index in [1.54, 1.807) is 6.92 Å². The van der Waals surface area contributed by atoms with Crippen LogP contribution in [-0.4, -0.2) is 14.7 Å². The van der Waals surface area contributed by atoms with Crippen LogP contribution in [0.3, 0.4) is 0 Å². The van der Waals surface area contributed by atoms with E-state index in [1.807, 2.05) is 0 Å². The SMILES string of the molecule is Cc1cc(=O)c(Oc2ccc(F)cc2)c(-c2ccc(S(C)(=O)=O)cc2)o1. The number of halogens is 1. The minimum Gasteiger partial charge on any atom is -0.457 e. The summed E-state index contributed by atoms with van der Waals surface area (Å²) in [4.78, 5) is 12.5. The molecule has 7 heteroatoms. The van der Waals surface area contributed by atoms with Crippen LogP contribution < -0.4 is 10.2 Å². The van der Waals surface area contributed by atoms with Crippen LogP contribution >= 0.6 is 0 Å². The molecule has 3 rings (SSSR count). The summed E-state index contributed by atoms with van der Waals surface area (Å²) < 4.78 is 47.5. The Hall–Kier alpha value is -2.93. The van der Waals surface area contributed by atoms with Crippen molar-refractivity contribution in [2.45, 2.75) is 11.8 Å². The summed E-state index contributed by atoms with van der Waals surface area (Å²) in [5, 5.41) is 0. The summed E-state index contributed by atoms with van der Waals surface area (Å²) in [5.74, 6) is 0.332. The predicted molar refractivity (Wildman–Crippen MR) is 94.7 cm³/mol. The van der Waals surface area contributed by atoms with Crippen LogP contribution in [0.25, 0.3) is 11.3 Å². The lowest BCUT2D eigenvalue weighted by atomic mass is 10.1. The average Bonchev–Trinajstić information content (AvgIpc) is 2.58. The molecule has 0 aliphatic heterocycles. The summed E-state index contributed by atoms with van der Waals surface area (Å²) in [6.07, 6.45) is 1.11. The van der Waals surface area contributed by atoms with Crippen molar-refractivity contribution in [1.82, 2.24) is 0 Å². The van der Waals surface area contributed by atoms with Gasteiger partial charge in [-0.2, -0.15) is 0 Å². The van der Waals surface area contributed by atoms with E-state index in [4.69, 9.17) is 9.15 Å². The number of hydrogen-bond donors (Lipinski definition) is 0. The molecule has 0 saturated carbocycles.